The molecule has 1 heterocycles. The minimum atomic E-state index is -4.93. The molecule has 13 heteroatoms. The average molecular weight is 402 g/mol. The number of rotatable bonds is 5. The molecule has 12 nitrogen and oxygen atoms in total. The monoisotopic (exact) mass is 402 g/mol. The summed E-state index contributed by atoms with van der Waals surface area (Å²) in [5, 5.41) is 10.9. The lowest BCUT2D eigenvalue weighted by atomic mass is 10.1. The minimum absolute atomic E-state index is 0.254. The van der Waals surface area contributed by atoms with E-state index >= 15 is 0 Å². The number of anilines is 1. The number of benzene rings is 1. The van der Waals surface area contributed by atoms with Crippen LogP contribution in [0.3, 0.4) is 0 Å². The van der Waals surface area contributed by atoms with Gasteiger partial charge < -0.3 is 19.1 Å². The maximum absolute atomic E-state index is 12.2. The highest BCUT2D eigenvalue weighted by molar-refractivity contribution is 7.86. The Kier molecular flexibility index (Phi) is 5.78. The molecule has 1 N–H and O–H groups in total. The summed E-state index contributed by atoms with van der Waals surface area (Å²) >= 11 is 0. The molecule has 1 aromatic rings. The number of carbonyl (C=O) groups is 2. The van der Waals surface area contributed by atoms with E-state index in [4.69, 9.17) is 4.74 Å². The first-order valence-corrected chi connectivity index (χ1v) is 8.56. The third kappa shape index (κ3) is 4.05. The molecule has 27 heavy (non-hydrogen) atoms. The highest BCUT2D eigenvalue weighted by Crippen LogP contribution is 2.34. The van der Waals surface area contributed by atoms with Crippen LogP contribution in [0.15, 0.2) is 34.4 Å². The Morgan fingerprint density at radius 3 is 2.41 bits per heavy atom. The summed E-state index contributed by atoms with van der Waals surface area (Å²) in [7, 11) is -2.82. The number of hydrogen-bond acceptors (Lipinski definition) is 10. The Labute approximate surface area is 152 Å². The molecule has 2 rings (SSSR count). The molecule has 0 fully saturated rings. The normalized spacial score (nSPS) is 14.7. The van der Waals surface area contributed by atoms with Crippen molar-refractivity contribution in [2.24, 2.45) is 0 Å². The van der Waals surface area contributed by atoms with Crippen LogP contribution in [-0.2, 0) is 33.9 Å². The van der Waals surface area contributed by atoms with Crippen LogP contribution in [0, 0.1) is 10.1 Å². The van der Waals surface area contributed by atoms with E-state index in [1.54, 1.807) is 0 Å². The maximum Gasteiger partial charge on any atom is 0.355 e. The molecule has 1 aliphatic rings. The summed E-state index contributed by atoms with van der Waals surface area (Å²) in [6.07, 6.45) is 0. The molecular weight excluding hydrogens is 388 g/mol. The molecule has 146 valence electrons. The molecule has 0 radical (unpaired) electrons. The average Bonchev–Trinajstić information content (AvgIpc) is 2.64. The third-order valence-corrected chi connectivity index (χ3v) is 4.44. The second kappa shape index (κ2) is 7.69. The van der Waals surface area contributed by atoms with Gasteiger partial charge in [0.15, 0.2) is 0 Å². The Balaban J connectivity index is 2.76. The fraction of sp³-hybridized carbons (Fsp3) is 0.286. The number of esters is 2. The van der Waals surface area contributed by atoms with Crippen LogP contribution in [0.4, 0.5) is 11.4 Å². The van der Waals surface area contributed by atoms with Gasteiger partial charge in [0.2, 0.25) is 0 Å². The highest BCUT2D eigenvalue weighted by atomic mass is 32.2. The van der Waals surface area contributed by atoms with Gasteiger partial charge in [-0.05, 0) is 6.07 Å². The van der Waals surface area contributed by atoms with Gasteiger partial charge in [-0.1, -0.05) is 0 Å². The van der Waals surface area contributed by atoms with E-state index in [0.29, 0.717) is 6.07 Å². The van der Waals surface area contributed by atoms with Crippen molar-refractivity contribution in [3.05, 3.63) is 39.6 Å². The van der Waals surface area contributed by atoms with Gasteiger partial charge in [0, 0.05) is 12.1 Å². The van der Waals surface area contributed by atoms with Crippen LogP contribution in [0.25, 0.3) is 0 Å². The Hall–Kier alpha value is -3.03. The predicted octanol–water partition coefficient (Wildman–Crippen LogP) is 0.236. The molecule has 0 saturated carbocycles. The van der Waals surface area contributed by atoms with Crippen molar-refractivity contribution in [3.63, 3.8) is 0 Å². The molecule has 0 spiro atoms. The SMILES string of the molecule is COC(=O)C1=C(C(=O)OC)N(c2ccc([N+](=O)[O-])cc2S(=O)(=O)O)COC1. The molecule has 0 amide bonds. The van der Waals surface area contributed by atoms with Crippen molar-refractivity contribution in [1.82, 2.24) is 0 Å². The molecule has 1 aromatic carbocycles. The van der Waals surface area contributed by atoms with Crippen molar-refractivity contribution in [1.29, 1.82) is 0 Å². The Morgan fingerprint density at radius 1 is 1.26 bits per heavy atom. The van der Waals surface area contributed by atoms with E-state index < -0.39 is 44.3 Å². The minimum Gasteiger partial charge on any atom is -0.466 e. The van der Waals surface area contributed by atoms with Gasteiger partial charge in [-0.3, -0.25) is 14.7 Å². The number of non-ortho nitro benzene ring substituents is 1. The van der Waals surface area contributed by atoms with E-state index in [0.717, 1.165) is 31.3 Å². The van der Waals surface area contributed by atoms with Gasteiger partial charge in [0.1, 0.15) is 17.3 Å². The van der Waals surface area contributed by atoms with E-state index in [1.807, 2.05) is 0 Å². The van der Waals surface area contributed by atoms with Crippen LogP contribution in [0.2, 0.25) is 0 Å². The first kappa shape index (κ1) is 20.3. The molecule has 1 aliphatic heterocycles. The fourth-order valence-electron chi connectivity index (χ4n) is 2.38. The van der Waals surface area contributed by atoms with E-state index in [9.17, 15) is 32.7 Å². The molecule has 0 unspecified atom stereocenters. The number of methoxy groups -OCH3 is 2. The lowest BCUT2D eigenvalue weighted by Crippen LogP contribution is -2.39. The topological polar surface area (TPSA) is 163 Å². The van der Waals surface area contributed by atoms with E-state index in [2.05, 4.69) is 9.47 Å². The number of carbonyl (C=O) groups excluding carboxylic acids is 2. The standard InChI is InChI=1S/C14H14N2O10S/c1-24-13(17)9-6-26-7-15(12(9)14(18)25-2)10-4-3-8(16(19)20)5-11(10)27(21,22)23/h3-5H,6-7H2,1-2H3,(H,21,22,23). The predicted molar refractivity (Wildman–Crippen MR) is 87.3 cm³/mol. The van der Waals surface area contributed by atoms with Crippen molar-refractivity contribution < 1.29 is 41.7 Å². The summed E-state index contributed by atoms with van der Waals surface area (Å²) in [6, 6.07) is 2.57. The zero-order valence-corrected chi connectivity index (χ0v) is 14.9. The second-order valence-electron chi connectivity index (χ2n) is 5.10. The fourth-order valence-corrected chi connectivity index (χ4v) is 3.09. The molecule has 0 aromatic heterocycles. The van der Waals surface area contributed by atoms with E-state index in [1.165, 1.54) is 0 Å². The van der Waals surface area contributed by atoms with Crippen molar-refractivity contribution in [3.8, 4) is 0 Å². The Morgan fingerprint density at radius 2 is 1.89 bits per heavy atom. The summed E-state index contributed by atoms with van der Waals surface area (Å²) in [5.41, 5.74) is -1.57. The van der Waals surface area contributed by atoms with Crippen LogP contribution in [-0.4, -0.2) is 57.4 Å². The molecule has 0 saturated heterocycles. The van der Waals surface area contributed by atoms with Gasteiger partial charge in [0.05, 0.1) is 37.0 Å². The summed E-state index contributed by atoms with van der Waals surface area (Å²) in [5.74, 6) is -1.92. The zero-order chi connectivity index (χ0) is 20.4. The van der Waals surface area contributed by atoms with Gasteiger partial charge in [-0.25, -0.2) is 9.59 Å². The molecule has 0 aliphatic carbocycles. The van der Waals surface area contributed by atoms with Crippen LogP contribution in [0.5, 0.6) is 0 Å². The van der Waals surface area contributed by atoms with Crippen molar-refractivity contribution in [2.75, 3.05) is 32.5 Å². The summed E-state index contributed by atoms with van der Waals surface area (Å²) in [6.45, 7) is -0.715. The smallest absolute Gasteiger partial charge is 0.355 e. The summed E-state index contributed by atoms with van der Waals surface area (Å²) in [4.78, 5) is 34.3. The van der Waals surface area contributed by atoms with Crippen LogP contribution in [0.1, 0.15) is 0 Å². The Bertz CT molecular complexity index is 937. The number of ether oxygens (including phenoxy) is 3. The number of nitrogens with zero attached hydrogens (tertiary/aromatic N) is 2. The van der Waals surface area contributed by atoms with E-state index in [-0.39, 0.29) is 23.6 Å². The number of nitro benzene ring substituents is 1. The first-order valence-electron chi connectivity index (χ1n) is 7.12. The first-order chi connectivity index (χ1) is 12.6. The van der Waals surface area contributed by atoms with Crippen molar-refractivity contribution >= 4 is 33.4 Å². The maximum atomic E-state index is 12.2. The lowest BCUT2D eigenvalue weighted by Gasteiger charge is -2.32. The zero-order valence-electron chi connectivity index (χ0n) is 14.1. The largest absolute Gasteiger partial charge is 0.466 e. The third-order valence-electron chi connectivity index (χ3n) is 3.56. The number of nitro groups is 1. The van der Waals surface area contributed by atoms with Gasteiger partial charge in [-0.2, -0.15) is 8.42 Å². The lowest BCUT2D eigenvalue weighted by molar-refractivity contribution is -0.385. The summed E-state index contributed by atoms with van der Waals surface area (Å²) < 4.78 is 47.3. The number of hydrogen-bond donors (Lipinski definition) is 1. The quantitative estimate of drug-likeness (QED) is 0.310. The molecule has 0 atom stereocenters. The van der Waals surface area contributed by atoms with Gasteiger partial charge >= 0.3 is 11.9 Å². The van der Waals surface area contributed by atoms with Crippen LogP contribution >= 0.6 is 0 Å². The van der Waals surface area contributed by atoms with Gasteiger partial charge in [0.25, 0.3) is 15.8 Å². The van der Waals surface area contributed by atoms with Crippen molar-refractivity contribution in [2.45, 2.75) is 4.90 Å². The van der Waals surface area contributed by atoms with Crippen LogP contribution < -0.4 is 4.90 Å². The van der Waals surface area contributed by atoms with Gasteiger partial charge in [-0.15, -0.1) is 0 Å². The second-order valence-corrected chi connectivity index (χ2v) is 6.49. The molecule has 0 bridgehead atoms. The highest BCUT2D eigenvalue weighted by Gasteiger charge is 2.35. The molecular formula is C14H14N2O10S.